The molecule has 2 amide bonds. The Morgan fingerprint density at radius 1 is 1.12 bits per heavy atom. The first-order chi connectivity index (χ1) is 12.6. The Labute approximate surface area is 154 Å². The van der Waals surface area contributed by atoms with E-state index in [1.165, 1.54) is 5.56 Å². The number of rotatable bonds is 5. The zero-order valence-electron chi connectivity index (χ0n) is 15.2. The molecule has 3 rings (SSSR count). The number of fused-ring (bicyclic) bond motifs is 1. The predicted molar refractivity (Wildman–Crippen MR) is 101 cm³/mol. The molecule has 0 atom stereocenters. The summed E-state index contributed by atoms with van der Waals surface area (Å²) < 4.78 is 5.13. The van der Waals surface area contributed by atoms with Crippen molar-refractivity contribution >= 4 is 17.5 Å². The van der Waals surface area contributed by atoms with Gasteiger partial charge in [0.15, 0.2) is 0 Å². The van der Waals surface area contributed by atoms with Gasteiger partial charge in [-0.15, -0.1) is 0 Å². The van der Waals surface area contributed by atoms with Crippen LogP contribution >= 0.6 is 0 Å². The summed E-state index contributed by atoms with van der Waals surface area (Å²) >= 11 is 0. The van der Waals surface area contributed by atoms with Gasteiger partial charge >= 0.3 is 0 Å². The van der Waals surface area contributed by atoms with Gasteiger partial charge in [-0.1, -0.05) is 25.1 Å². The van der Waals surface area contributed by atoms with Gasteiger partial charge in [-0.2, -0.15) is 0 Å². The molecule has 0 unspecified atom stereocenters. The third kappa shape index (κ3) is 4.23. The third-order valence-electron chi connectivity index (χ3n) is 4.68. The van der Waals surface area contributed by atoms with E-state index in [2.05, 4.69) is 5.32 Å². The Balaban J connectivity index is 1.64. The van der Waals surface area contributed by atoms with E-state index in [1.54, 1.807) is 7.11 Å². The second-order valence-corrected chi connectivity index (χ2v) is 6.48. The molecule has 2 aromatic rings. The number of amides is 2. The lowest BCUT2D eigenvalue weighted by Crippen LogP contribution is -2.35. The molecule has 1 N–H and O–H groups in total. The summed E-state index contributed by atoms with van der Waals surface area (Å²) in [6.45, 7) is 3.26. The van der Waals surface area contributed by atoms with E-state index in [9.17, 15) is 9.59 Å². The molecular formula is C21H24N2O3. The van der Waals surface area contributed by atoms with Crippen LogP contribution in [-0.2, 0) is 29.0 Å². The van der Waals surface area contributed by atoms with Gasteiger partial charge in [-0.25, -0.2) is 0 Å². The van der Waals surface area contributed by atoms with Crippen molar-refractivity contribution < 1.29 is 14.3 Å². The SMILES string of the molecule is CCC(=O)N1CCc2ccc(NC(=O)Cc3ccc(OC)cc3)cc2C1. The Hall–Kier alpha value is -2.82. The van der Waals surface area contributed by atoms with Gasteiger partial charge in [-0.05, 0) is 47.4 Å². The Morgan fingerprint density at radius 3 is 2.58 bits per heavy atom. The summed E-state index contributed by atoms with van der Waals surface area (Å²) in [5.74, 6) is 0.882. The fraction of sp³-hybridized carbons (Fsp3) is 0.333. The number of nitrogens with zero attached hydrogens (tertiary/aromatic N) is 1. The number of carbonyl (C=O) groups excluding carboxylic acids is 2. The van der Waals surface area contributed by atoms with Crippen molar-refractivity contribution in [3.63, 3.8) is 0 Å². The number of nitrogens with one attached hydrogen (secondary N) is 1. The highest BCUT2D eigenvalue weighted by molar-refractivity contribution is 5.92. The van der Waals surface area contributed by atoms with Gasteiger partial charge in [0.05, 0.1) is 13.5 Å². The molecule has 5 nitrogen and oxygen atoms in total. The summed E-state index contributed by atoms with van der Waals surface area (Å²) in [6, 6.07) is 13.4. The second kappa shape index (κ2) is 8.04. The van der Waals surface area contributed by atoms with Crippen molar-refractivity contribution in [1.29, 1.82) is 0 Å². The van der Waals surface area contributed by atoms with Crippen LogP contribution in [0.5, 0.6) is 5.75 Å². The first-order valence-corrected chi connectivity index (χ1v) is 8.91. The Bertz CT molecular complexity index is 799. The highest BCUT2D eigenvalue weighted by Gasteiger charge is 2.19. The van der Waals surface area contributed by atoms with Crippen LogP contribution in [0.15, 0.2) is 42.5 Å². The fourth-order valence-electron chi connectivity index (χ4n) is 3.21. The summed E-state index contributed by atoms with van der Waals surface area (Å²) in [6.07, 6.45) is 1.69. The molecule has 0 aromatic heterocycles. The van der Waals surface area contributed by atoms with Gasteiger partial charge in [0.1, 0.15) is 5.75 Å². The summed E-state index contributed by atoms with van der Waals surface area (Å²) in [7, 11) is 1.62. The molecule has 0 bridgehead atoms. The monoisotopic (exact) mass is 352 g/mol. The average molecular weight is 352 g/mol. The molecule has 0 spiro atoms. The smallest absolute Gasteiger partial charge is 0.228 e. The van der Waals surface area contributed by atoms with Gasteiger partial charge in [0, 0.05) is 25.2 Å². The topological polar surface area (TPSA) is 58.6 Å². The molecule has 0 saturated carbocycles. The molecule has 1 heterocycles. The third-order valence-corrected chi connectivity index (χ3v) is 4.68. The minimum absolute atomic E-state index is 0.0626. The van der Waals surface area contributed by atoms with Crippen LogP contribution in [0.1, 0.15) is 30.0 Å². The van der Waals surface area contributed by atoms with Crippen LogP contribution in [0, 0.1) is 0 Å². The molecule has 0 radical (unpaired) electrons. The van der Waals surface area contributed by atoms with E-state index in [0.717, 1.165) is 35.5 Å². The van der Waals surface area contributed by atoms with Crippen molar-refractivity contribution in [1.82, 2.24) is 4.90 Å². The average Bonchev–Trinajstić information content (AvgIpc) is 2.67. The standard InChI is InChI=1S/C21H24N2O3/c1-3-21(25)23-11-10-16-6-7-18(13-17(16)14-23)22-20(24)12-15-4-8-19(26-2)9-5-15/h4-9,13H,3,10-12,14H2,1-2H3,(H,22,24). The number of benzene rings is 2. The molecule has 1 aliphatic heterocycles. The highest BCUT2D eigenvalue weighted by Crippen LogP contribution is 2.23. The van der Waals surface area contributed by atoms with Crippen molar-refractivity contribution in [2.24, 2.45) is 0 Å². The van der Waals surface area contributed by atoms with E-state index >= 15 is 0 Å². The molecular weight excluding hydrogens is 328 g/mol. The van der Waals surface area contributed by atoms with Crippen molar-refractivity contribution in [3.05, 3.63) is 59.2 Å². The Morgan fingerprint density at radius 2 is 1.88 bits per heavy atom. The number of methoxy groups -OCH3 is 1. The van der Waals surface area contributed by atoms with Crippen LogP contribution in [0.25, 0.3) is 0 Å². The molecule has 5 heteroatoms. The molecule has 1 aliphatic rings. The number of carbonyl (C=O) groups is 2. The van der Waals surface area contributed by atoms with E-state index < -0.39 is 0 Å². The largest absolute Gasteiger partial charge is 0.497 e. The zero-order valence-corrected chi connectivity index (χ0v) is 15.2. The van der Waals surface area contributed by atoms with Crippen LogP contribution in [-0.4, -0.2) is 30.4 Å². The van der Waals surface area contributed by atoms with Gasteiger partial charge < -0.3 is 15.0 Å². The van der Waals surface area contributed by atoms with Gasteiger partial charge in [-0.3, -0.25) is 9.59 Å². The lowest BCUT2D eigenvalue weighted by Gasteiger charge is -2.29. The first kappa shape index (κ1) is 18.0. The Kier molecular flexibility index (Phi) is 5.56. The second-order valence-electron chi connectivity index (χ2n) is 6.48. The van der Waals surface area contributed by atoms with Crippen LogP contribution in [0.4, 0.5) is 5.69 Å². The van der Waals surface area contributed by atoms with Crippen molar-refractivity contribution in [3.8, 4) is 5.75 Å². The minimum Gasteiger partial charge on any atom is -0.497 e. The maximum absolute atomic E-state index is 12.3. The highest BCUT2D eigenvalue weighted by atomic mass is 16.5. The molecule has 136 valence electrons. The van der Waals surface area contributed by atoms with Crippen LogP contribution < -0.4 is 10.1 Å². The summed E-state index contributed by atoms with van der Waals surface area (Å²) in [4.78, 5) is 26.1. The maximum atomic E-state index is 12.3. The zero-order chi connectivity index (χ0) is 18.5. The molecule has 0 saturated heterocycles. The number of hydrogen-bond donors (Lipinski definition) is 1. The molecule has 2 aromatic carbocycles. The first-order valence-electron chi connectivity index (χ1n) is 8.91. The van der Waals surface area contributed by atoms with Crippen LogP contribution in [0.2, 0.25) is 0 Å². The molecule has 0 fully saturated rings. The summed E-state index contributed by atoms with van der Waals surface area (Å²) in [5, 5.41) is 2.95. The lowest BCUT2D eigenvalue weighted by atomic mass is 9.98. The van der Waals surface area contributed by atoms with E-state index in [-0.39, 0.29) is 11.8 Å². The minimum atomic E-state index is -0.0626. The normalized spacial score (nSPS) is 13.1. The number of hydrogen-bond acceptors (Lipinski definition) is 3. The fourth-order valence-corrected chi connectivity index (χ4v) is 3.21. The lowest BCUT2D eigenvalue weighted by molar-refractivity contribution is -0.131. The number of ether oxygens (including phenoxy) is 1. The quantitative estimate of drug-likeness (QED) is 0.899. The predicted octanol–water partition coefficient (Wildman–Crippen LogP) is 3.17. The molecule has 0 aliphatic carbocycles. The number of anilines is 1. The van der Waals surface area contributed by atoms with Crippen molar-refractivity contribution in [2.45, 2.75) is 32.7 Å². The van der Waals surface area contributed by atoms with E-state index in [0.29, 0.717) is 19.4 Å². The van der Waals surface area contributed by atoms with E-state index in [1.807, 2.05) is 54.3 Å². The van der Waals surface area contributed by atoms with Crippen molar-refractivity contribution in [2.75, 3.05) is 19.0 Å². The maximum Gasteiger partial charge on any atom is 0.228 e. The van der Waals surface area contributed by atoms with E-state index in [4.69, 9.17) is 4.74 Å². The van der Waals surface area contributed by atoms with Gasteiger partial charge in [0.2, 0.25) is 11.8 Å². The summed E-state index contributed by atoms with van der Waals surface area (Å²) in [5.41, 5.74) is 4.06. The molecule has 26 heavy (non-hydrogen) atoms. The van der Waals surface area contributed by atoms with Gasteiger partial charge in [0.25, 0.3) is 0 Å². The van der Waals surface area contributed by atoms with Crippen LogP contribution in [0.3, 0.4) is 0 Å².